The van der Waals surface area contributed by atoms with Gasteiger partial charge in [-0.05, 0) is 75.1 Å². The number of aryl methyl sites for hydroxylation is 1. The van der Waals surface area contributed by atoms with Crippen molar-refractivity contribution in [2.24, 2.45) is 0 Å². The minimum absolute atomic E-state index is 0.0508. The highest BCUT2D eigenvalue weighted by Gasteiger charge is 2.30. The van der Waals surface area contributed by atoms with Gasteiger partial charge in [0.15, 0.2) is 0 Å². The van der Waals surface area contributed by atoms with Crippen LogP contribution < -0.4 is 10.2 Å². The summed E-state index contributed by atoms with van der Waals surface area (Å²) in [6.07, 6.45) is 3.97. The molecule has 0 aromatic heterocycles. The first kappa shape index (κ1) is 21.4. The van der Waals surface area contributed by atoms with Crippen molar-refractivity contribution in [1.82, 2.24) is 5.32 Å². The van der Waals surface area contributed by atoms with Gasteiger partial charge < -0.3 is 10.2 Å². The van der Waals surface area contributed by atoms with Crippen LogP contribution in [0.1, 0.15) is 49.9 Å². The second-order valence-corrected chi connectivity index (χ2v) is 8.29. The molecule has 4 nitrogen and oxygen atoms in total. The summed E-state index contributed by atoms with van der Waals surface area (Å²) in [5.74, 6) is -0.359. The monoisotopic (exact) mass is 399 g/mol. The lowest BCUT2D eigenvalue weighted by molar-refractivity contribution is -0.117. The molecule has 0 spiro atoms. The molecule has 1 aliphatic heterocycles. The van der Waals surface area contributed by atoms with Gasteiger partial charge in [-0.25, -0.2) is 0 Å². The Balaban J connectivity index is 1.92. The van der Waals surface area contributed by atoms with Crippen LogP contribution in [0.2, 0.25) is 0 Å². The molecule has 0 aliphatic carbocycles. The van der Waals surface area contributed by atoms with Crippen LogP contribution in [0, 0.1) is 18.3 Å². The van der Waals surface area contributed by atoms with Gasteiger partial charge in [0, 0.05) is 24.3 Å². The molecule has 2 aromatic rings. The molecule has 30 heavy (non-hydrogen) atoms. The second-order valence-electron chi connectivity index (χ2n) is 8.29. The molecular weight excluding hydrogens is 370 g/mol. The van der Waals surface area contributed by atoms with E-state index in [2.05, 4.69) is 62.2 Å². The Labute approximate surface area is 179 Å². The molecule has 1 heterocycles. The maximum absolute atomic E-state index is 12.6. The minimum atomic E-state index is -0.359. The number of carbonyl (C=O) groups excluding carboxylic acids is 1. The average Bonchev–Trinajstić information content (AvgIpc) is 2.71. The first-order valence-electron chi connectivity index (χ1n) is 10.3. The molecule has 2 aromatic carbocycles. The van der Waals surface area contributed by atoms with Gasteiger partial charge in [0.05, 0.1) is 5.54 Å². The van der Waals surface area contributed by atoms with Crippen molar-refractivity contribution in [3.8, 4) is 6.07 Å². The number of hydrogen-bond donors (Lipinski definition) is 1. The maximum atomic E-state index is 12.6. The first-order chi connectivity index (χ1) is 14.3. The lowest BCUT2D eigenvalue weighted by atomic mass is 9.86. The number of fused-ring (bicyclic) bond motifs is 1. The molecule has 0 unspecified atom stereocenters. The molecule has 154 valence electrons. The number of nitrogens with zero attached hydrogens (tertiary/aromatic N) is 2. The number of allylic oxidation sites excluding steroid dienone is 1. The zero-order chi connectivity index (χ0) is 21.9. The van der Waals surface area contributed by atoms with Crippen molar-refractivity contribution in [1.29, 1.82) is 5.26 Å². The summed E-state index contributed by atoms with van der Waals surface area (Å²) in [6, 6.07) is 16.0. The Kier molecular flexibility index (Phi) is 6.12. The molecule has 0 radical (unpaired) electrons. The fourth-order valence-electron chi connectivity index (χ4n) is 4.16. The number of carbonyl (C=O) groups is 1. The van der Waals surface area contributed by atoms with E-state index < -0.39 is 0 Å². The van der Waals surface area contributed by atoms with E-state index in [1.54, 1.807) is 6.08 Å². The van der Waals surface area contributed by atoms with Crippen LogP contribution in [-0.2, 0) is 11.3 Å². The third-order valence-electron chi connectivity index (χ3n) is 5.64. The molecular formula is C26H29N3O. The maximum Gasteiger partial charge on any atom is 0.262 e. The number of amides is 1. The van der Waals surface area contributed by atoms with Crippen LogP contribution in [0.4, 0.5) is 5.69 Å². The van der Waals surface area contributed by atoms with Gasteiger partial charge in [-0.2, -0.15) is 5.26 Å². The van der Waals surface area contributed by atoms with Gasteiger partial charge in [0.25, 0.3) is 5.91 Å². The van der Waals surface area contributed by atoms with Crippen molar-refractivity contribution in [3.63, 3.8) is 0 Å². The predicted octanol–water partition coefficient (Wildman–Crippen LogP) is 5.24. The molecule has 0 saturated carbocycles. The number of benzene rings is 2. The Bertz CT molecular complexity index is 1060. The third kappa shape index (κ3) is 4.31. The number of nitriles is 1. The Morgan fingerprint density at radius 1 is 1.20 bits per heavy atom. The van der Waals surface area contributed by atoms with Gasteiger partial charge in [-0.1, -0.05) is 36.4 Å². The van der Waals surface area contributed by atoms with Crippen LogP contribution >= 0.6 is 0 Å². The first-order valence-corrected chi connectivity index (χ1v) is 10.3. The van der Waals surface area contributed by atoms with E-state index >= 15 is 0 Å². The summed E-state index contributed by atoms with van der Waals surface area (Å²) in [5, 5.41) is 12.4. The summed E-state index contributed by atoms with van der Waals surface area (Å²) in [7, 11) is 0. The summed E-state index contributed by atoms with van der Waals surface area (Å²) in [6.45, 7) is 12.0. The quantitative estimate of drug-likeness (QED) is 0.552. The summed E-state index contributed by atoms with van der Waals surface area (Å²) in [4.78, 5) is 15.0. The average molecular weight is 400 g/mol. The molecule has 1 N–H and O–H groups in total. The highest BCUT2D eigenvalue weighted by Crippen LogP contribution is 2.40. The van der Waals surface area contributed by atoms with Crippen molar-refractivity contribution in [2.75, 3.05) is 11.4 Å². The number of hydrogen-bond acceptors (Lipinski definition) is 3. The van der Waals surface area contributed by atoms with Gasteiger partial charge in [0.1, 0.15) is 11.6 Å². The topological polar surface area (TPSA) is 56.1 Å². The summed E-state index contributed by atoms with van der Waals surface area (Å²) >= 11 is 0. The molecule has 0 atom stereocenters. The van der Waals surface area contributed by atoms with Gasteiger partial charge in [0.2, 0.25) is 0 Å². The fraction of sp³-hybridized carbons (Fsp3) is 0.308. The van der Waals surface area contributed by atoms with Crippen LogP contribution in [-0.4, -0.2) is 18.0 Å². The van der Waals surface area contributed by atoms with E-state index in [1.165, 1.54) is 11.3 Å². The largest absolute Gasteiger partial charge is 0.363 e. The number of anilines is 1. The van der Waals surface area contributed by atoms with E-state index in [9.17, 15) is 10.1 Å². The van der Waals surface area contributed by atoms with Gasteiger partial charge >= 0.3 is 0 Å². The molecule has 4 heteroatoms. The van der Waals surface area contributed by atoms with Gasteiger partial charge in [-0.3, -0.25) is 4.79 Å². The Morgan fingerprint density at radius 2 is 1.90 bits per heavy atom. The minimum Gasteiger partial charge on any atom is -0.363 e. The molecule has 3 rings (SSSR count). The number of likely N-dealkylation sites (N-methyl/N-ethyl adjacent to an activating group) is 1. The van der Waals surface area contributed by atoms with Crippen molar-refractivity contribution >= 4 is 23.2 Å². The molecule has 0 bridgehead atoms. The lowest BCUT2D eigenvalue weighted by Crippen LogP contribution is -2.44. The van der Waals surface area contributed by atoms with Crippen LogP contribution in [0.3, 0.4) is 0 Å². The van der Waals surface area contributed by atoms with E-state index in [0.29, 0.717) is 6.54 Å². The Hall–Kier alpha value is -3.32. The van der Waals surface area contributed by atoms with E-state index in [-0.39, 0.29) is 17.0 Å². The lowest BCUT2D eigenvalue weighted by Gasteiger charge is -2.43. The summed E-state index contributed by atoms with van der Waals surface area (Å²) in [5.41, 5.74) is 6.55. The van der Waals surface area contributed by atoms with Crippen molar-refractivity contribution in [3.05, 3.63) is 76.4 Å². The summed E-state index contributed by atoms with van der Waals surface area (Å²) < 4.78 is 0. The second kappa shape index (κ2) is 8.59. The van der Waals surface area contributed by atoms with Crippen molar-refractivity contribution < 1.29 is 4.79 Å². The highest BCUT2D eigenvalue weighted by molar-refractivity contribution is 6.02. The fourth-order valence-corrected chi connectivity index (χ4v) is 4.16. The zero-order valence-corrected chi connectivity index (χ0v) is 18.4. The molecule has 0 saturated heterocycles. The standard InChI is InChI=1S/C26H29N3O/c1-6-29-24-12-18(2)21(14-23(24)19(3)15-26(29,4)5)13-22(16-27)25(30)28-17-20-10-8-7-9-11-20/h7-15H,6,17H2,1-5H3,(H,28,30)/b22-13+. The van der Waals surface area contributed by atoms with Crippen LogP contribution in [0.5, 0.6) is 0 Å². The number of nitrogens with one attached hydrogen (secondary N) is 1. The molecule has 0 fully saturated rings. The third-order valence-corrected chi connectivity index (χ3v) is 5.64. The predicted molar refractivity (Wildman–Crippen MR) is 124 cm³/mol. The van der Waals surface area contributed by atoms with Crippen molar-refractivity contribution in [2.45, 2.75) is 46.7 Å². The molecule has 1 aliphatic rings. The smallest absolute Gasteiger partial charge is 0.262 e. The van der Waals surface area contributed by atoms with Crippen LogP contribution in [0.15, 0.2) is 54.1 Å². The normalized spacial score (nSPS) is 15.1. The van der Waals surface area contributed by atoms with Gasteiger partial charge in [-0.15, -0.1) is 0 Å². The van der Waals surface area contributed by atoms with Crippen LogP contribution in [0.25, 0.3) is 11.6 Å². The van der Waals surface area contributed by atoms with E-state index in [1.807, 2.05) is 37.3 Å². The van der Waals surface area contributed by atoms with E-state index in [0.717, 1.165) is 28.8 Å². The Morgan fingerprint density at radius 3 is 2.53 bits per heavy atom. The number of rotatable bonds is 5. The zero-order valence-electron chi connectivity index (χ0n) is 18.4. The molecule has 1 amide bonds. The van der Waals surface area contributed by atoms with E-state index in [4.69, 9.17) is 0 Å². The SMILES string of the molecule is CCN1c2cc(C)c(/C=C(\C#N)C(=O)NCc3ccccc3)cc2C(C)=CC1(C)C. The highest BCUT2D eigenvalue weighted by atomic mass is 16.1.